The maximum absolute atomic E-state index is 13.6. The van der Waals surface area contributed by atoms with E-state index in [2.05, 4.69) is 15.4 Å². The topological polar surface area (TPSA) is 88.1 Å². The summed E-state index contributed by atoms with van der Waals surface area (Å²) in [4.78, 5) is 10.9. The molecule has 0 saturated carbocycles. The third-order valence-corrected chi connectivity index (χ3v) is 3.30. The van der Waals surface area contributed by atoms with E-state index in [1.54, 1.807) is 37.3 Å². The van der Waals surface area contributed by atoms with Crippen molar-refractivity contribution in [2.75, 3.05) is 0 Å². The summed E-state index contributed by atoms with van der Waals surface area (Å²) in [5.41, 5.74) is 1.91. The van der Waals surface area contributed by atoms with Gasteiger partial charge in [0.2, 0.25) is 5.69 Å². The zero-order chi connectivity index (χ0) is 16.4. The van der Waals surface area contributed by atoms with Crippen molar-refractivity contribution < 1.29 is 19.0 Å². The Morgan fingerprint density at radius 2 is 1.87 bits per heavy atom. The van der Waals surface area contributed by atoms with Crippen molar-refractivity contribution in [3.63, 3.8) is 0 Å². The second-order valence-electron chi connectivity index (χ2n) is 4.89. The van der Waals surface area contributed by atoms with Crippen LogP contribution in [0, 0.1) is 12.7 Å². The lowest BCUT2D eigenvalue weighted by Gasteiger charge is -2.06. The van der Waals surface area contributed by atoms with Gasteiger partial charge in [0.1, 0.15) is 11.6 Å². The number of nitrogens with zero attached hydrogens (tertiary/aromatic N) is 2. The number of carboxylic acids is 1. The van der Waals surface area contributed by atoms with Crippen molar-refractivity contribution in [1.82, 2.24) is 15.4 Å². The monoisotopic (exact) mass is 313 g/mol. The average molecular weight is 313 g/mol. The van der Waals surface area contributed by atoms with Gasteiger partial charge in [0.25, 0.3) is 5.88 Å². The Kier molecular flexibility index (Phi) is 3.76. The van der Waals surface area contributed by atoms with Crippen LogP contribution >= 0.6 is 0 Å². The van der Waals surface area contributed by atoms with E-state index in [0.717, 1.165) is 11.1 Å². The normalized spacial score (nSPS) is 10.5. The summed E-state index contributed by atoms with van der Waals surface area (Å²) in [5, 5.41) is 18.2. The number of carboxylic acid groups (broad SMARTS) is 1. The molecule has 0 bridgehead atoms. The molecule has 2 aromatic carbocycles. The molecule has 3 aromatic rings. The van der Waals surface area contributed by atoms with Crippen LogP contribution < -0.4 is 4.74 Å². The lowest BCUT2D eigenvalue weighted by atomic mass is 10.0. The first-order valence-electron chi connectivity index (χ1n) is 6.73. The van der Waals surface area contributed by atoms with E-state index in [1.807, 2.05) is 6.07 Å². The van der Waals surface area contributed by atoms with E-state index in [0.29, 0.717) is 11.3 Å². The molecular formula is C16H12FN3O3. The fourth-order valence-electron chi connectivity index (χ4n) is 2.03. The minimum Gasteiger partial charge on any atom is -0.476 e. The summed E-state index contributed by atoms with van der Waals surface area (Å²) in [7, 11) is 0. The van der Waals surface area contributed by atoms with Crippen LogP contribution in [0.15, 0.2) is 42.5 Å². The molecule has 0 radical (unpaired) electrons. The Balaban J connectivity index is 1.83. The largest absolute Gasteiger partial charge is 0.476 e. The van der Waals surface area contributed by atoms with Crippen LogP contribution in [0.2, 0.25) is 0 Å². The summed E-state index contributed by atoms with van der Waals surface area (Å²) in [5.74, 6) is -1.20. The summed E-state index contributed by atoms with van der Waals surface area (Å²) in [6.45, 7) is 1.70. The lowest BCUT2D eigenvalue weighted by molar-refractivity contribution is 0.0687. The van der Waals surface area contributed by atoms with Gasteiger partial charge in [0.05, 0.1) is 0 Å². The van der Waals surface area contributed by atoms with Gasteiger partial charge in [-0.2, -0.15) is 0 Å². The summed E-state index contributed by atoms with van der Waals surface area (Å²) in [6.07, 6.45) is 0. The molecule has 0 aliphatic rings. The number of hydrogen-bond acceptors (Lipinski definition) is 4. The highest BCUT2D eigenvalue weighted by molar-refractivity contribution is 5.87. The van der Waals surface area contributed by atoms with Gasteiger partial charge >= 0.3 is 5.97 Å². The van der Waals surface area contributed by atoms with E-state index < -0.39 is 5.97 Å². The predicted molar refractivity (Wildman–Crippen MR) is 80.0 cm³/mol. The molecule has 6 nitrogen and oxygen atoms in total. The van der Waals surface area contributed by atoms with Crippen LogP contribution in [0.4, 0.5) is 4.39 Å². The Hall–Kier alpha value is -3.22. The zero-order valence-corrected chi connectivity index (χ0v) is 12.1. The number of H-pyrrole nitrogens is 1. The highest BCUT2D eigenvalue weighted by atomic mass is 19.1. The second-order valence-corrected chi connectivity index (χ2v) is 4.89. The minimum atomic E-state index is -1.21. The van der Waals surface area contributed by atoms with Crippen LogP contribution in [-0.4, -0.2) is 26.5 Å². The van der Waals surface area contributed by atoms with E-state index in [4.69, 9.17) is 9.84 Å². The molecule has 0 atom stereocenters. The summed E-state index contributed by atoms with van der Waals surface area (Å²) in [6, 6.07) is 11.8. The number of aryl methyl sites for hydroxylation is 1. The van der Waals surface area contributed by atoms with Gasteiger partial charge in [-0.15, -0.1) is 0 Å². The van der Waals surface area contributed by atoms with E-state index in [9.17, 15) is 9.18 Å². The third-order valence-electron chi connectivity index (χ3n) is 3.30. The number of aromatic nitrogens is 3. The first kappa shape index (κ1) is 14.7. The van der Waals surface area contributed by atoms with Gasteiger partial charge in [-0.05, 0) is 41.8 Å². The Bertz CT molecular complexity index is 859. The van der Waals surface area contributed by atoms with Gasteiger partial charge in [0, 0.05) is 0 Å². The maximum Gasteiger partial charge on any atom is 0.359 e. The number of benzene rings is 2. The number of carbonyl (C=O) groups is 1. The molecule has 1 aromatic heterocycles. The quantitative estimate of drug-likeness (QED) is 0.770. The number of aromatic carboxylic acids is 1. The number of hydrogen-bond donors (Lipinski definition) is 2. The van der Waals surface area contributed by atoms with Crippen molar-refractivity contribution in [3.05, 3.63) is 59.5 Å². The molecule has 0 fully saturated rings. The van der Waals surface area contributed by atoms with Crippen LogP contribution in [0.3, 0.4) is 0 Å². The fraction of sp³-hybridized carbons (Fsp3) is 0.0625. The molecule has 1 heterocycles. The van der Waals surface area contributed by atoms with Gasteiger partial charge in [-0.1, -0.05) is 34.6 Å². The van der Waals surface area contributed by atoms with Crippen LogP contribution in [-0.2, 0) is 0 Å². The number of aromatic amines is 1. The van der Waals surface area contributed by atoms with Crippen LogP contribution in [0.5, 0.6) is 11.6 Å². The van der Waals surface area contributed by atoms with Gasteiger partial charge < -0.3 is 9.84 Å². The van der Waals surface area contributed by atoms with Crippen LogP contribution in [0.25, 0.3) is 11.1 Å². The molecule has 0 spiro atoms. The number of nitrogens with one attached hydrogen (secondary N) is 1. The Morgan fingerprint density at radius 3 is 2.52 bits per heavy atom. The first-order valence-corrected chi connectivity index (χ1v) is 6.73. The second kappa shape index (κ2) is 5.88. The third kappa shape index (κ3) is 3.03. The van der Waals surface area contributed by atoms with Crippen molar-refractivity contribution in [1.29, 1.82) is 0 Å². The van der Waals surface area contributed by atoms with Gasteiger partial charge in [0.15, 0.2) is 0 Å². The minimum absolute atomic E-state index is 0.119. The fourth-order valence-corrected chi connectivity index (χ4v) is 2.03. The molecule has 2 N–H and O–H groups in total. The highest BCUT2D eigenvalue weighted by Gasteiger charge is 2.16. The number of ether oxygens (including phenoxy) is 1. The molecule has 3 rings (SSSR count). The van der Waals surface area contributed by atoms with Crippen molar-refractivity contribution in [2.24, 2.45) is 0 Å². The molecule has 0 aliphatic carbocycles. The SMILES string of the molecule is Cc1ccc(-c2ccc(Oc3nn[nH]c3C(=O)O)cc2)cc1F. The Morgan fingerprint density at radius 1 is 1.17 bits per heavy atom. The van der Waals surface area contributed by atoms with Gasteiger partial charge in [-0.25, -0.2) is 14.3 Å². The maximum atomic E-state index is 13.6. The summed E-state index contributed by atoms with van der Waals surface area (Å²) >= 11 is 0. The number of rotatable bonds is 4. The standard InChI is InChI=1S/C16H12FN3O3/c1-9-2-3-11(8-13(9)17)10-4-6-12(7-5-10)23-15-14(16(21)22)18-20-19-15/h2-8H,1H3,(H,21,22)(H,18,19,20). The predicted octanol–water partition coefficient (Wildman–Crippen LogP) is 3.41. The smallest absolute Gasteiger partial charge is 0.359 e. The molecule has 23 heavy (non-hydrogen) atoms. The number of halogens is 1. The van der Waals surface area contributed by atoms with E-state index >= 15 is 0 Å². The lowest BCUT2D eigenvalue weighted by Crippen LogP contribution is -1.99. The van der Waals surface area contributed by atoms with E-state index in [-0.39, 0.29) is 17.4 Å². The molecule has 7 heteroatoms. The first-order chi connectivity index (χ1) is 11.0. The van der Waals surface area contributed by atoms with Crippen molar-refractivity contribution in [3.8, 4) is 22.8 Å². The summed E-state index contributed by atoms with van der Waals surface area (Å²) < 4.78 is 19.0. The van der Waals surface area contributed by atoms with Crippen molar-refractivity contribution in [2.45, 2.75) is 6.92 Å². The average Bonchev–Trinajstić information content (AvgIpc) is 2.99. The zero-order valence-electron chi connectivity index (χ0n) is 12.1. The van der Waals surface area contributed by atoms with E-state index in [1.165, 1.54) is 6.07 Å². The molecule has 0 unspecified atom stereocenters. The highest BCUT2D eigenvalue weighted by Crippen LogP contribution is 2.27. The molecule has 0 saturated heterocycles. The Labute approximate surface area is 130 Å². The molecule has 0 amide bonds. The van der Waals surface area contributed by atoms with Gasteiger partial charge in [-0.3, -0.25) is 0 Å². The van der Waals surface area contributed by atoms with Crippen molar-refractivity contribution >= 4 is 5.97 Å². The molecule has 116 valence electrons. The van der Waals surface area contributed by atoms with Crippen LogP contribution in [0.1, 0.15) is 16.1 Å². The molecular weight excluding hydrogens is 301 g/mol. The molecule has 0 aliphatic heterocycles.